The first-order chi connectivity index (χ1) is 15.1. The van der Waals surface area contributed by atoms with E-state index in [9.17, 15) is 9.59 Å². The first-order valence-electron chi connectivity index (χ1n) is 11.5. The number of rotatable bonds is 8. The van der Waals surface area contributed by atoms with Crippen LogP contribution >= 0.6 is 0 Å². The standard InChI is InChI=1S/C12H15NO5.C12H23N/c1-17-8-10(11(14)15)13-12(16)18-7-9-5-3-2-4-6-9;1-3-7-11(8-4-1)13-12-9-5-2-6-10-12/h2-6,10H,7-8H2,1H3,(H,13,16)(H,14,15);11-13H,1-10H2/t10-;/m1./s1. The zero-order valence-electron chi connectivity index (χ0n) is 18.7. The molecule has 2 saturated carbocycles. The molecular weight excluding hydrogens is 396 g/mol. The number of carboxylic acid groups (broad SMARTS) is 1. The molecule has 2 fully saturated rings. The van der Waals surface area contributed by atoms with E-state index >= 15 is 0 Å². The maximum atomic E-state index is 11.4. The number of ether oxygens (including phenoxy) is 2. The molecule has 31 heavy (non-hydrogen) atoms. The van der Waals surface area contributed by atoms with Crippen LogP contribution < -0.4 is 10.6 Å². The van der Waals surface area contributed by atoms with Crippen LogP contribution in [0.25, 0.3) is 0 Å². The van der Waals surface area contributed by atoms with Gasteiger partial charge in [0.15, 0.2) is 6.04 Å². The summed E-state index contributed by atoms with van der Waals surface area (Å²) in [7, 11) is 1.35. The number of amides is 1. The number of carbonyl (C=O) groups is 2. The predicted molar refractivity (Wildman–Crippen MR) is 120 cm³/mol. The van der Waals surface area contributed by atoms with E-state index in [4.69, 9.17) is 9.84 Å². The van der Waals surface area contributed by atoms with Crippen LogP contribution in [-0.4, -0.2) is 49.0 Å². The van der Waals surface area contributed by atoms with Crippen molar-refractivity contribution in [2.45, 2.75) is 88.9 Å². The molecule has 0 bridgehead atoms. The van der Waals surface area contributed by atoms with E-state index in [1.807, 2.05) is 18.2 Å². The fraction of sp³-hybridized carbons (Fsp3) is 0.667. The summed E-state index contributed by atoms with van der Waals surface area (Å²) >= 11 is 0. The molecule has 0 saturated heterocycles. The van der Waals surface area contributed by atoms with E-state index in [1.54, 1.807) is 12.1 Å². The molecule has 0 heterocycles. The largest absolute Gasteiger partial charge is 0.480 e. The van der Waals surface area contributed by atoms with Gasteiger partial charge >= 0.3 is 12.1 Å². The quantitative estimate of drug-likeness (QED) is 0.566. The summed E-state index contributed by atoms with van der Waals surface area (Å²) in [5.41, 5.74) is 0.825. The first kappa shape index (κ1) is 25.1. The minimum atomic E-state index is -1.17. The Hall–Kier alpha value is -2.12. The van der Waals surface area contributed by atoms with Gasteiger partial charge in [-0.05, 0) is 31.2 Å². The predicted octanol–water partition coefficient (Wildman–Crippen LogP) is 4.25. The van der Waals surface area contributed by atoms with Gasteiger partial charge in [0, 0.05) is 19.2 Å². The van der Waals surface area contributed by atoms with Gasteiger partial charge in [-0.15, -0.1) is 0 Å². The SMILES string of the molecule is C1CCC(NC2CCCCC2)CC1.COC[C@@H](NC(=O)OCc1ccccc1)C(=O)O. The first-order valence-corrected chi connectivity index (χ1v) is 11.5. The average Bonchev–Trinajstić information content (AvgIpc) is 2.80. The molecule has 7 nitrogen and oxygen atoms in total. The molecule has 2 aliphatic carbocycles. The highest BCUT2D eigenvalue weighted by molar-refractivity contribution is 5.79. The summed E-state index contributed by atoms with van der Waals surface area (Å²) < 4.78 is 9.56. The molecule has 0 radical (unpaired) electrons. The summed E-state index contributed by atoms with van der Waals surface area (Å²) in [6.45, 7) is -0.0260. The van der Waals surface area contributed by atoms with Crippen LogP contribution in [0.4, 0.5) is 4.79 Å². The molecular formula is C24H38N2O5. The van der Waals surface area contributed by atoms with Gasteiger partial charge in [-0.25, -0.2) is 9.59 Å². The zero-order chi connectivity index (χ0) is 22.3. The summed E-state index contributed by atoms with van der Waals surface area (Å²) in [5, 5.41) is 14.8. The molecule has 0 unspecified atom stereocenters. The van der Waals surface area contributed by atoms with Crippen molar-refractivity contribution in [3.8, 4) is 0 Å². The Morgan fingerprint density at radius 3 is 2.00 bits per heavy atom. The Labute approximate surface area is 185 Å². The maximum absolute atomic E-state index is 11.4. The van der Waals surface area contributed by atoms with Crippen LogP contribution in [0.5, 0.6) is 0 Å². The smallest absolute Gasteiger partial charge is 0.408 e. The van der Waals surface area contributed by atoms with Gasteiger partial charge in [0.1, 0.15) is 6.61 Å². The molecule has 174 valence electrons. The van der Waals surface area contributed by atoms with Crippen LogP contribution in [0.2, 0.25) is 0 Å². The number of methoxy groups -OCH3 is 1. The molecule has 0 spiro atoms. The highest BCUT2D eigenvalue weighted by Gasteiger charge is 2.20. The van der Waals surface area contributed by atoms with Gasteiger partial charge in [-0.2, -0.15) is 0 Å². The van der Waals surface area contributed by atoms with Crippen molar-refractivity contribution < 1.29 is 24.2 Å². The van der Waals surface area contributed by atoms with Gasteiger partial charge in [-0.1, -0.05) is 68.9 Å². The van der Waals surface area contributed by atoms with Crippen molar-refractivity contribution in [3.63, 3.8) is 0 Å². The second kappa shape index (κ2) is 14.8. The molecule has 7 heteroatoms. The number of nitrogens with one attached hydrogen (secondary N) is 2. The van der Waals surface area contributed by atoms with Crippen molar-refractivity contribution in [3.05, 3.63) is 35.9 Å². The van der Waals surface area contributed by atoms with Crippen LogP contribution in [0.1, 0.15) is 69.8 Å². The summed E-state index contributed by atoms with van der Waals surface area (Å²) in [6.07, 6.45) is 13.8. The van der Waals surface area contributed by atoms with Crippen LogP contribution in [0.3, 0.4) is 0 Å². The monoisotopic (exact) mass is 434 g/mol. The third-order valence-corrected chi connectivity index (χ3v) is 5.82. The number of carbonyl (C=O) groups excluding carboxylic acids is 1. The van der Waals surface area contributed by atoms with E-state index in [-0.39, 0.29) is 13.2 Å². The minimum absolute atomic E-state index is 0.0893. The molecule has 2 aliphatic rings. The molecule has 0 aliphatic heterocycles. The molecule has 1 aromatic carbocycles. The number of aliphatic carboxylic acids is 1. The van der Waals surface area contributed by atoms with Gasteiger partial charge in [0.05, 0.1) is 6.61 Å². The fourth-order valence-corrected chi connectivity index (χ4v) is 4.12. The van der Waals surface area contributed by atoms with Crippen molar-refractivity contribution >= 4 is 12.1 Å². The minimum Gasteiger partial charge on any atom is -0.480 e. The van der Waals surface area contributed by atoms with E-state index in [1.165, 1.54) is 71.3 Å². The van der Waals surface area contributed by atoms with Crippen molar-refractivity contribution in [1.29, 1.82) is 0 Å². The fourth-order valence-electron chi connectivity index (χ4n) is 4.12. The number of hydrogen-bond acceptors (Lipinski definition) is 5. The highest BCUT2D eigenvalue weighted by atomic mass is 16.5. The Morgan fingerprint density at radius 1 is 0.968 bits per heavy atom. The number of alkyl carbamates (subject to hydrolysis) is 1. The van der Waals surface area contributed by atoms with Crippen molar-refractivity contribution in [2.24, 2.45) is 0 Å². The number of benzene rings is 1. The second-order valence-electron chi connectivity index (χ2n) is 8.39. The van der Waals surface area contributed by atoms with Crippen LogP contribution in [0.15, 0.2) is 30.3 Å². The van der Waals surface area contributed by atoms with Crippen LogP contribution in [0, 0.1) is 0 Å². The topological polar surface area (TPSA) is 96.9 Å². The van der Waals surface area contributed by atoms with Gasteiger partial charge in [-0.3, -0.25) is 0 Å². The van der Waals surface area contributed by atoms with E-state index < -0.39 is 18.1 Å². The highest BCUT2D eigenvalue weighted by Crippen LogP contribution is 2.22. The molecule has 0 aromatic heterocycles. The Kier molecular flexibility index (Phi) is 12.0. The van der Waals surface area contributed by atoms with E-state index in [0.717, 1.165) is 17.6 Å². The maximum Gasteiger partial charge on any atom is 0.408 e. The van der Waals surface area contributed by atoms with E-state index in [0.29, 0.717) is 0 Å². The third-order valence-electron chi connectivity index (χ3n) is 5.82. The summed E-state index contributed by atoms with van der Waals surface area (Å²) in [6, 6.07) is 9.73. The van der Waals surface area contributed by atoms with Gasteiger partial charge in [0.2, 0.25) is 0 Å². The lowest BCUT2D eigenvalue weighted by Crippen LogP contribution is -2.43. The normalized spacial score (nSPS) is 18.4. The second-order valence-corrected chi connectivity index (χ2v) is 8.39. The average molecular weight is 435 g/mol. The lowest BCUT2D eigenvalue weighted by Gasteiger charge is -2.30. The third kappa shape index (κ3) is 10.6. The number of hydrogen-bond donors (Lipinski definition) is 3. The van der Waals surface area contributed by atoms with Crippen LogP contribution in [-0.2, 0) is 20.9 Å². The Morgan fingerprint density at radius 2 is 1.52 bits per heavy atom. The van der Waals surface area contributed by atoms with E-state index in [2.05, 4.69) is 15.4 Å². The molecule has 3 N–H and O–H groups in total. The van der Waals surface area contributed by atoms with Crippen molar-refractivity contribution in [1.82, 2.24) is 10.6 Å². The van der Waals surface area contributed by atoms with Crippen molar-refractivity contribution in [2.75, 3.05) is 13.7 Å². The lowest BCUT2D eigenvalue weighted by molar-refractivity contribution is -0.140. The molecule has 1 aromatic rings. The molecule has 1 amide bonds. The Bertz CT molecular complexity index is 612. The molecule has 1 atom stereocenters. The molecule has 3 rings (SSSR count). The van der Waals surface area contributed by atoms with Gasteiger partial charge in [0.25, 0.3) is 0 Å². The Balaban J connectivity index is 0.000000231. The number of carboxylic acids is 1. The van der Waals surface area contributed by atoms with Gasteiger partial charge < -0.3 is 25.2 Å². The summed E-state index contributed by atoms with van der Waals surface area (Å²) in [5.74, 6) is -1.17. The zero-order valence-corrected chi connectivity index (χ0v) is 18.7. The summed E-state index contributed by atoms with van der Waals surface area (Å²) in [4.78, 5) is 22.1. The lowest BCUT2D eigenvalue weighted by atomic mass is 9.91.